The van der Waals surface area contributed by atoms with Crippen molar-refractivity contribution in [2.75, 3.05) is 17.6 Å². The number of hydrogen-bond donors (Lipinski definition) is 0. The van der Waals surface area contributed by atoms with Gasteiger partial charge in [0.15, 0.2) is 0 Å². The van der Waals surface area contributed by atoms with Crippen LogP contribution in [0.1, 0.15) is 26.7 Å². The predicted octanol–water partition coefficient (Wildman–Crippen LogP) is 2.87. The van der Waals surface area contributed by atoms with E-state index in [-0.39, 0.29) is 0 Å². The average molecular weight is 256 g/mol. The maximum Gasteiger partial charge on any atom is 0.0498 e. The van der Waals surface area contributed by atoms with Gasteiger partial charge in [-0.2, -0.15) is 0 Å². The van der Waals surface area contributed by atoms with Crippen LogP contribution in [0.5, 0.6) is 0 Å². The van der Waals surface area contributed by atoms with Gasteiger partial charge in [-0.1, -0.05) is 42.9 Å². The summed E-state index contributed by atoms with van der Waals surface area (Å²) in [5.41, 5.74) is 0. The zero-order valence-corrected chi connectivity index (χ0v) is 9.06. The maximum absolute atomic E-state index is 5.42. The van der Waals surface area contributed by atoms with Crippen molar-refractivity contribution in [2.24, 2.45) is 5.92 Å². The second-order valence-corrected chi connectivity index (χ2v) is 3.57. The Balaban J connectivity index is 2.89. The third-order valence-electron chi connectivity index (χ3n) is 1.31. The molecule has 0 aliphatic carbocycles. The first-order valence-corrected chi connectivity index (χ1v) is 5.47. The lowest BCUT2D eigenvalue weighted by atomic mass is 10.2. The van der Waals surface area contributed by atoms with Crippen molar-refractivity contribution in [1.82, 2.24) is 0 Å². The topological polar surface area (TPSA) is 9.23 Å². The zero-order chi connectivity index (χ0) is 7.82. The standard InChI is InChI=1S/C8H17IO/c1-3-4-5-10-7-8(2)6-9/h8H,3-7H2,1-2H3/t8-/m1/s1. The van der Waals surface area contributed by atoms with Crippen molar-refractivity contribution < 1.29 is 4.74 Å². The van der Waals surface area contributed by atoms with E-state index in [1.807, 2.05) is 0 Å². The van der Waals surface area contributed by atoms with Gasteiger partial charge >= 0.3 is 0 Å². The first kappa shape index (κ1) is 10.7. The molecule has 0 saturated heterocycles. The van der Waals surface area contributed by atoms with E-state index in [0.717, 1.165) is 19.1 Å². The lowest BCUT2D eigenvalue weighted by Crippen LogP contribution is -2.07. The highest BCUT2D eigenvalue weighted by Gasteiger charge is 1.97. The molecule has 0 bridgehead atoms. The Bertz CT molecular complexity index is 66.3. The van der Waals surface area contributed by atoms with Gasteiger partial charge in [0, 0.05) is 17.6 Å². The summed E-state index contributed by atoms with van der Waals surface area (Å²) in [6.45, 7) is 6.28. The molecular weight excluding hydrogens is 239 g/mol. The quantitative estimate of drug-likeness (QED) is 0.403. The molecule has 1 atom stereocenters. The first-order chi connectivity index (χ1) is 4.81. The molecule has 0 heterocycles. The smallest absolute Gasteiger partial charge is 0.0498 e. The summed E-state index contributed by atoms with van der Waals surface area (Å²) in [6.07, 6.45) is 2.44. The van der Waals surface area contributed by atoms with E-state index < -0.39 is 0 Å². The molecule has 0 spiro atoms. The van der Waals surface area contributed by atoms with Crippen LogP contribution in [0.15, 0.2) is 0 Å². The predicted molar refractivity (Wildman–Crippen MR) is 53.8 cm³/mol. The van der Waals surface area contributed by atoms with E-state index >= 15 is 0 Å². The SMILES string of the molecule is CCCCOC[C@H](C)CI. The Morgan fingerprint density at radius 3 is 2.70 bits per heavy atom. The molecule has 62 valence electrons. The minimum atomic E-state index is 0.720. The van der Waals surface area contributed by atoms with Gasteiger partial charge in [0.2, 0.25) is 0 Å². The highest BCUT2D eigenvalue weighted by Crippen LogP contribution is 2.01. The molecular formula is C8H17IO. The van der Waals surface area contributed by atoms with E-state index in [1.54, 1.807) is 0 Å². The fourth-order valence-corrected chi connectivity index (χ4v) is 0.830. The van der Waals surface area contributed by atoms with Crippen LogP contribution in [0, 0.1) is 5.92 Å². The summed E-state index contributed by atoms with van der Waals surface area (Å²) in [5.74, 6) is 0.720. The fourth-order valence-electron chi connectivity index (χ4n) is 0.575. The number of rotatable bonds is 6. The number of halogens is 1. The third kappa shape index (κ3) is 6.81. The first-order valence-electron chi connectivity index (χ1n) is 3.95. The monoisotopic (exact) mass is 256 g/mol. The minimum absolute atomic E-state index is 0.720. The van der Waals surface area contributed by atoms with Crippen LogP contribution < -0.4 is 0 Å². The van der Waals surface area contributed by atoms with Gasteiger partial charge in [0.05, 0.1) is 0 Å². The molecule has 0 aliphatic rings. The minimum Gasteiger partial charge on any atom is -0.381 e. The average Bonchev–Trinajstić information content (AvgIpc) is 1.98. The summed E-state index contributed by atoms with van der Waals surface area (Å²) in [7, 11) is 0. The summed E-state index contributed by atoms with van der Waals surface area (Å²) in [5, 5.41) is 0. The molecule has 10 heavy (non-hydrogen) atoms. The molecule has 0 aromatic carbocycles. The molecule has 0 aromatic rings. The molecule has 0 saturated carbocycles. The maximum atomic E-state index is 5.42. The summed E-state index contributed by atoms with van der Waals surface area (Å²) in [4.78, 5) is 0. The molecule has 2 heteroatoms. The summed E-state index contributed by atoms with van der Waals surface area (Å²) < 4.78 is 6.62. The highest BCUT2D eigenvalue weighted by atomic mass is 127. The van der Waals surface area contributed by atoms with E-state index in [9.17, 15) is 0 Å². The summed E-state index contributed by atoms with van der Waals surface area (Å²) >= 11 is 2.39. The normalized spacial score (nSPS) is 13.5. The lowest BCUT2D eigenvalue weighted by molar-refractivity contribution is 0.109. The van der Waals surface area contributed by atoms with Crippen LogP contribution in [0.2, 0.25) is 0 Å². The molecule has 0 rings (SSSR count). The van der Waals surface area contributed by atoms with Crippen molar-refractivity contribution in [3.05, 3.63) is 0 Å². The van der Waals surface area contributed by atoms with Crippen LogP contribution in [0.25, 0.3) is 0 Å². The summed E-state index contributed by atoms with van der Waals surface area (Å²) in [6, 6.07) is 0. The Morgan fingerprint density at radius 2 is 2.20 bits per heavy atom. The Labute approximate surface area is 77.7 Å². The van der Waals surface area contributed by atoms with Crippen molar-refractivity contribution >= 4 is 22.6 Å². The molecule has 0 amide bonds. The van der Waals surface area contributed by atoms with Gasteiger partial charge in [-0.3, -0.25) is 0 Å². The van der Waals surface area contributed by atoms with Crippen molar-refractivity contribution in [3.63, 3.8) is 0 Å². The van der Waals surface area contributed by atoms with Crippen LogP contribution in [-0.4, -0.2) is 17.6 Å². The van der Waals surface area contributed by atoms with Crippen molar-refractivity contribution in [2.45, 2.75) is 26.7 Å². The second-order valence-electron chi connectivity index (χ2n) is 2.69. The molecule has 0 radical (unpaired) electrons. The van der Waals surface area contributed by atoms with Gasteiger partial charge in [-0.05, 0) is 12.3 Å². The van der Waals surface area contributed by atoms with Gasteiger partial charge in [-0.25, -0.2) is 0 Å². The van der Waals surface area contributed by atoms with Crippen molar-refractivity contribution in [3.8, 4) is 0 Å². The second kappa shape index (κ2) is 7.79. The van der Waals surface area contributed by atoms with E-state index in [0.29, 0.717) is 0 Å². The number of unbranched alkanes of at least 4 members (excludes halogenated alkanes) is 1. The van der Waals surface area contributed by atoms with E-state index in [2.05, 4.69) is 36.4 Å². The van der Waals surface area contributed by atoms with Crippen LogP contribution in [-0.2, 0) is 4.74 Å². The lowest BCUT2D eigenvalue weighted by Gasteiger charge is -2.07. The molecule has 0 aliphatic heterocycles. The fraction of sp³-hybridized carbons (Fsp3) is 1.00. The molecule has 0 N–H and O–H groups in total. The number of alkyl halides is 1. The highest BCUT2D eigenvalue weighted by molar-refractivity contribution is 14.1. The Kier molecular flexibility index (Phi) is 8.33. The molecule has 0 fully saturated rings. The molecule has 1 nitrogen and oxygen atoms in total. The Hall–Kier alpha value is 0.690. The Morgan fingerprint density at radius 1 is 1.50 bits per heavy atom. The van der Waals surface area contributed by atoms with Crippen LogP contribution >= 0.6 is 22.6 Å². The zero-order valence-electron chi connectivity index (χ0n) is 6.90. The van der Waals surface area contributed by atoms with E-state index in [4.69, 9.17) is 4.74 Å². The largest absolute Gasteiger partial charge is 0.381 e. The third-order valence-corrected chi connectivity index (χ3v) is 2.81. The van der Waals surface area contributed by atoms with Gasteiger partial charge in [-0.15, -0.1) is 0 Å². The molecule has 0 aromatic heterocycles. The van der Waals surface area contributed by atoms with Crippen molar-refractivity contribution in [1.29, 1.82) is 0 Å². The molecule has 0 unspecified atom stereocenters. The van der Waals surface area contributed by atoms with Gasteiger partial charge < -0.3 is 4.74 Å². The van der Waals surface area contributed by atoms with Crippen LogP contribution in [0.4, 0.5) is 0 Å². The van der Waals surface area contributed by atoms with E-state index in [1.165, 1.54) is 17.3 Å². The number of hydrogen-bond acceptors (Lipinski definition) is 1. The van der Waals surface area contributed by atoms with Crippen LogP contribution in [0.3, 0.4) is 0 Å². The van der Waals surface area contributed by atoms with Gasteiger partial charge in [0.25, 0.3) is 0 Å². The number of ether oxygens (including phenoxy) is 1. The van der Waals surface area contributed by atoms with Gasteiger partial charge in [0.1, 0.15) is 0 Å².